The van der Waals surface area contributed by atoms with Crippen molar-refractivity contribution in [2.45, 2.75) is 40.8 Å². The summed E-state index contributed by atoms with van der Waals surface area (Å²) in [5.41, 5.74) is 5.80. The Hall–Kier alpha value is -2.43. The van der Waals surface area contributed by atoms with E-state index in [4.69, 9.17) is 21.2 Å². The maximum absolute atomic E-state index is 13.8. The minimum absolute atomic E-state index is 0.169. The van der Waals surface area contributed by atoms with Crippen LogP contribution in [0.1, 0.15) is 38.8 Å². The third-order valence-electron chi connectivity index (χ3n) is 2.71. The van der Waals surface area contributed by atoms with Crippen LogP contribution in [0.25, 0.3) is 10.8 Å². The zero-order chi connectivity index (χ0) is 19.1. The number of nitrogens with zero attached hydrogens (tertiary/aromatic N) is 1. The summed E-state index contributed by atoms with van der Waals surface area (Å²) in [7, 11) is 0. The third-order valence-corrected chi connectivity index (χ3v) is 2.71. The van der Waals surface area contributed by atoms with Gasteiger partial charge in [-0.25, -0.2) is 4.39 Å². The highest BCUT2D eigenvalue weighted by Crippen LogP contribution is 2.37. The average Bonchev–Trinajstić information content (AvgIpc) is 2.49. The molecule has 0 aliphatic heterocycles. The van der Waals surface area contributed by atoms with Crippen LogP contribution in [0, 0.1) is 24.1 Å². The third kappa shape index (κ3) is 5.05. The van der Waals surface area contributed by atoms with E-state index in [9.17, 15) is 8.78 Å². The number of benzene rings is 2. The minimum atomic E-state index is -4.03. The van der Waals surface area contributed by atoms with Crippen molar-refractivity contribution in [3.63, 3.8) is 0 Å². The Labute approximate surface area is 139 Å². The molecule has 0 amide bonds. The lowest BCUT2D eigenvalue weighted by molar-refractivity contribution is -0.375. The molecular formula is C17H22F2N2O3. The van der Waals surface area contributed by atoms with Gasteiger partial charge >= 0.3 is 6.23 Å². The van der Waals surface area contributed by atoms with Gasteiger partial charge < -0.3 is 20.7 Å². The van der Waals surface area contributed by atoms with Crippen LogP contribution in [-0.2, 0) is 0 Å². The number of rotatable bonds is 2. The number of hydrogen-bond acceptors (Lipinski definition) is 5. The van der Waals surface area contributed by atoms with Gasteiger partial charge in [-0.15, -0.1) is 4.39 Å². The fourth-order valence-electron chi connectivity index (χ4n) is 2.05. The van der Waals surface area contributed by atoms with E-state index in [0.29, 0.717) is 11.3 Å². The van der Waals surface area contributed by atoms with E-state index in [1.165, 1.54) is 18.2 Å². The summed E-state index contributed by atoms with van der Waals surface area (Å²) in [6.45, 7) is 9.58. The van der Waals surface area contributed by atoms with Crippen molar-refractivity contribution in [3.8, 4) is 11.8 Å². The highest BCUT2D eigenvalue weighted by Gasteiger charge is 2.29. The fraction of sp³-hybridized carbons (Fsp3) is 0.353. The molecule has 2 rings (SSSR count). The number of ether oxygens (including phenoxy) is 1. The zero-order valence-electron chi connectivity index (χ0n) is 14.3. The number of nitriles is 1. The summed E-state index contributed by atoms with van der Waals surface area (Å²) >= 11 is 0. The van der Waals surface area contributed by atoms with Crippen LogP contribution in [0.15, 0.2) is 18.2 Å². The second kappa shape index (κ2) is 9.01. The first kappa shape index (κ1) is 21.6. The molecule has 2 aromatic rings. The smallest absolute Gasteiger partial charge is 0.411 e. The number of anilines is 1. The summed E-state index contributed by atoms with van der Waals surface area (Å²) in [5.74, 6) is -1.57. The van der Waals surface area contributed by atoms with Crippen LogP contribution in [0.4, 0.5) is 14.5 Å². The van der Waals surface area contributed by atoms with Crippen molar-refractivity contribution in [2.75, 3.05) is 5.73 Å². The molecule has 24 heavy (non-hydrogen) atoms. The number of nitrogen functional groups attached to an aromatic ring is 1. The van der Waals surface area contributed by atoms with Gasteiger partial charge in [-0.2, -0.15) is 5.26 Å². The molecule has 0 spiro atoms. The lowest BCUT2D eigenvalue weighted by Crippen LogP contribution is -2.29. The zero-order valence-corrected chi connectivity index (χ0v) is 14.3. The van der Waals surface area contributed by atoms with Crippen molar-refractivity contribution in [1.82, 2.24) is 0 Å². The minimum Gasteiger partial charge on any atom is -0.411 e. The van der Waals surface area contributed by atoms with Gasteiger partial charge in [-0.05, 0) is 36.1 Å². The van der Waals surface area contributed by atoms with Crippen molar-refractivity contribution in [2.24, 2.45) is 0 Å². The molecule has 7 heteroatoms. The van der Waals surface area contributed by atoms with Gasteiger partial charge in [0.1, 0.15) is 17.4 Å². The van der Waals surface area contributed by atoms with Gasteiger partial charge in [0.05, 0.1) is 0 Å². The summed E-state index contributed by atoms with van der Waals surface area (Å²) in [4.78, 5) is 0. The quantitative estimate of drug-likeness (QED) is 0.571. The molecule has 0 aliphatic rings. The highest BCUT2D eigenvalue weighted by molar-refractivity contribution is 5.95. The second-order valence-electron chi connectivity index (χ2n) is 4.24. The molecule has 0 bridgehead atoms. The molecule has 0 saturated carbocycles. The van der Waals surface area contributed by atoms with E-state index < -0.39 is 23.4 Å². The van der Waals surface area contributed by atoms with E-state index in [0.717, 1.165) is 6.07 Å². The molecule has 0 aliphatic carbocycles. The lowest BCUT2D eigenvalue weighted by Gasteiger charge is -2.18. The number of aliphatic hydroxyl groups is 2. The maximum atomic E-state index is 13.8. The van der Waals surface area contributed by atoms with Crippen molar-refractivity contribution in [3.05, 3.63) is 35.1 Å². The molecule has 0 radical (unpaired) electrons. The number of nitrogens with two attached hydrogens (primary N) is 1. The number of fused-ring (bicyclic) bond motifs is 1. The first-order valence-corrected chi connectivity index (χ1v) is 7.48. The SMILES string of the molecule is CC.CC.Cc1cc(N)cc2cc(F)c(C#N)c(OC(O)(O)F)c12. The van der Waals surface area contributed by atoms with Crippen LogP contribution in [0.5, 0.6) is 5.75 Å². The molecule has 2 aromatic carbocycles. The first-order valence-electron chi connectivity index (χ1n) is 7.48. The maximum Gasteiger partial charge on any atom is 0.492 e. The Morgan fingerprint density at radius 2 is 1.71 bits per heavy atom. The first-order chi connectivity index (χ1) is 11.2. The molecule has 132 valence electrons. The van der Waals surface area contributed by atoms with Gasteiger partial charge in [-0.1, -0.05) is 27.7 Å². The van der Waals surface area contributed by atoms with E-state index >= 15 is 0 Å². The summed E-state index contributed by atoms with van der Waals surface area (Å²) in [6.07, 6.45) is -4.03. The topological polar surface area (TPSA) is 99.5 Å². The van der Waals surface area contributed by atoms with Crippen LogP contribution >= 0.6 is 0 Å². The molecule has 0 aromatic heterocycles. The largest absolute Gasteiger partial charge is 0.492 e. The van der Waals surface area contributed by atoms with E-state index in [1.807, 2.05) is 27.7 Å². The molecule has 0 atom stereocenters. The van der Waals surface area contributed by atoms with Crippen molar-refractivity contribution >= 4 is 16.5 Å². The predicted molar refractivity (Wildman–Crippen MR) is 89.4 cm³/mol. The second-order valence-corrected chi connectivity index (χ2v) is 4.24. The van der Waals surface area contributed by atoms with E-state index in [-0.39, 0.29) is 10.8 Å². The Morgan fingerprint density at radius 3 is 2.17 bits per heavy atom. The number of aryl methyl sites for hydroxylation is 1. The summed E-state index contributed by atoms with van der Waals surface area (Å²) < 4.78 is 31.0. The van der Waals surface area contributed by atoms with Crippen molar-refractivity contribution < 1.29 is 23.7 Å². The molecule has 0 saturated heterocycles. The molecule has 4 N–H and O–H groups in total. The molecule has 0 fully saturated rings. The van der Waals surface area contributed by atoms with E-state index in [1.54, 1.807) is 6.92 Å². The lowest BCUT2D eigenvalue weighted by atomic mass is 10.00. The molecule has 0 heterocycles. The standard InChI is InChI=1S/C13H10F2N2O3.2C2H6/c1-6-2-8(17)3-7-4-10(14)9(5-16)12(11(6)7)20-13(15,18)19;2*1-2/h2-4,18-19H,17H2,1H3;2*1-2H3. The predicted octanol–water partition coefficient (Wildman–Crippen LogP) is 3.74. The Kier molecular flexibility index (Phi) is 8.10. The van der Waals surface area contributed by atoms with Gasteiger partial charge in [-0.3, -0.25) is 0 Å². The van der Waals surface area contributed by atoms with Crippen LogP contribution in [0.2, 0.25) is 0 Å². The van der Waals surface area contributed by atoms with Gasteiger partial charge in [0.25, 0.3) is 0 Å². The Bertz CT molecular complexity index is 735. The fourth-order valence-corrected chi connectivity index (χ4v) is 2.05. The Morgan fingerprint density at radius 1 is 1.17 bits per heavy atom. The monoisotopic (exact) mass is 340 g/mol. The van der Waals surface area contributed by atoms with E-state index in [2.05, 4.69) is 4.74 Å². The summed E-state index contributed by atoms with van der Waals surface area (Å²) in [5, 5.41) is 26.7. The van der Waals surface area contributed by atoms with Crippen molar-refractivity contribution in [1.29, 1.82) is 5.26 Å². The van der Waals surface area contributed by atoms with Crippen LogP contribution in [-0.4, -0.2) is 16.4 Å². The normalized spacial score (nSPS) is 10.0. The van der Waals surface area contributed by atoms with Gasteiger partial charge in [0.2, 0.25) is 0 Å². The number of alkyl halides is 1. The number of halogens is 2. The van der Waals surface area contributed by atoms with Crippen LogP contribution in [0.3, 0.4) is 0 Å². The average molecular weight is 340 g/mol. The van der Waals surface area contributed by atoms with Gasteiger partial charge in [0.15, 0.2) is 5.75 Å². The molecule has 0 unspecified atom stereocenters. The number of hydrogen-bond donors (Lipinski definition) is 3. The van der Waals surface area contributed by atoms with Gasteiger partial charge in [0, 0.05) is 11.1 Å². The molecular weight excluding hydrogens is 318 g/mol. The summed E-state index contributed by atoms with van der Waals surface area (Å²) in [6, 6.07) is 5.44. The van der Waals surface area contributed by atoms with Crippen LogP contribution < -0.4 is 10.5 Å². The highest BCUT2D eigenvalue weighted by atomic mass is 19.2. The Balaban J connectivity index is 0.00000123. The molecule has 5 nitrogen and oxygen atoms in total.